The highest BCUT2D eigenvalue weighted by Crippen LogP contribution is 2.31. The number of unbranched alkanes of at least 4 members (excludes halogenated alkanes) is 5. The fraction of sp³-hybridized carbons (Fsp3) is 1.00. The van der Waals surface area contributed by atoms with Crippen molar-refractivity contribution in [1.29, 1.82) is 0 Å². The molecule has 0 radical (unpaired) electrons. The van der Waals surface area contributed by atoms with Gasteiger partial charge in [-0.1, -0.05) is 52.9 Å². The van der Waals surface area contributed by atoms with E-state index in [2.05, 4.69) is 20.8 Å². The van der Waals surface area contributed by atoms with Gasteiger partial charge in [-0.25, -0.2) is 0 Å². The lowest BCUT2D eigenvalue weighted by Gasteiger charge is -2.35. The molecule has 0 amide bonds. The standard InChI is InChI=1S/C17H35NO/c1-4-5-6-7-8-9-12-19-17-13-15(14(2)3)10-11-16(17)18/h14-17H,4-13,18H2,1-3H3. The Kier molecular flexibility index (Phi) is 8.72. The van der Waals surface area contributed by atoms with Crippen LogP contribution in [0.2, 0.25) is 0 Å². The Labute approximate surface area is 120 Å². The van der Waals surface area contributed by atoms with Crippen molar-refractivity contribution in [2.75, 3.05) is 6.61 Å². The Balaban J connectivity index is 2.09. The second kappa shape index (κ2) is 9.77. The van der Waals surface area contributed by atoms with Crippen molar-refractivity contribution in [2.24, 2.45) is 17.6 Å². The second-order valence-electron chi connectivity index (χ2n) is 6.66. The van der Waals surface area contributed by atoms with E-state index in [-0.39, 0.29) is 6.04 Å². The lowest BCUT2D eigenvalue weighted by Crippen LogP contribution is -2.43. The van der Waals surface area contributed by atoms with Crippen LogP contribution in [0.4, 0.5) is 0 Å². The quantitative estimate of drug-likeness (QED) is 0.625. The van der Waals surface area contributed by atoms with Crippen LogP contribution < -0.4 is 5.73 Å². The molecule has 1 fully saturated rings. The summed E-state index contributed by atoms with van der Waals surface area (Å²) in [6.07, 6.45) is 11.9. The maximum Gasteiger partial charge on any atom is 0.0728 e. The second-order valence-corrected chi connectivity index (χ2v) is 6.66. The van der Waals surface area contributed by atoms with Crippen LogP contribution in [0.5, 0.6) is 0 Å². The van der Waals surface area contributed by atoms with Crippen LogP contribution in [0.15, 0.2) is 0 Å². The van der Waals surface area contributed by atoms with Crippen LogP contribution in [0, 0.1) is 11.8 Å². The van der Waals surface area contributed by atoms with Crippen LogP contribution in [-0.4, -0.2) is 18.8 Å². The third-order valence-corrected chi connectivity index (χ3v) is 4.66. The highest BCUT2D eigenvalue weighted by atomic mass is 16.5. The van der Waals surface area contributed by atoms with E-state index in [1.54, 1.807) is 0 Å². The summed E-state index contributed by atoms with van der Waals surface area (Å²) in [4.78, 5) is 0. The molecular formula is C17H35NO. The molecule has 3 unspecified atom stereocenters. The van der Waals surface area contributed by atoms with Gasteiger partial charge in [0.25, 0.3) is 0 Å². The van der Waals surface area contributed by atoms with Crippen molar-refractivity contribution in [3.05, 3.63) is 0 Å². The molecule has 2 N–H and O–H groups in total. The van der Waals surface area contributed by atoms with Gasteiger partial charge < -0.3 is 10.5 Å². The molecule has 1 saturated carbocycles. The van der Waals surface area contributed by atoms with Gasteiger partial charge in [-0.2, -0.15) is 0 Å². The summed E-state index contributed by atoms with van der Waals surface area (Å²) in [6, 6.07) is 0.273. The molecule has 1 rings (SSSR count). The lowest BCUT2D eigenvalue weighted by molar-refractivity contribution is -0.00867. The van der Waals surface area contributed by atoms with Gasteiger partial charge in [0.05, 0.1) is 6.10 Å². The van der Waals surface area contributed by atoms with Gasteiger partial charge in [0, 0.05) is 12.6 Å². The summed E-state index contributed by atoms with van der Waals surface area (Å²) in [7, 11) is 0. The van der Waals surface area contributed by atoms with Crippen molar-refractivity contribution in [3.8, 4) is 0 Å². The summed E-state index contributed by atoms with van der Waals surface area (Å²) < 4.78 is 6.06. The normalized spacial score (nSPS) is 27.9. The van der Waals surface area contributed by atoms with Crippen molar-refractivity contribution >= 4 is 0 Å². The van der Waals surface area contributed by atoms with Crippen molar-refractivity contribution in [3.63, 3.8) is 0 Å². The van der Waals surface area contributed by atoms with E-state index in [1.807, 2.05) is 0 Å². The molecule has 1 aliphatic carbocycles. The highest BCUT2D eigenvalue weighted by Gasteiger charge is 2.30. The number of hydrogen-bond acceptors (Lipinski definition) is 2. The van der Waals surface area contributed by atoms with E-state index >= 15 is 0 Å². The lowest BCUT2D eigenvalue weighted by atomic mass is 9.78. The van der Waals surface area contributed by atoms with Crippen LogP contribution in [0.25, 0.3) is 0 Å². The van der Waals surface area contributed by atoms with Crippen molar-refractivity contribution in [2.45, 2.75) is 90.7 Å². The van der Waals surface area contributed by atoms with Crippen LogP contribution in [0.1, 0.15) is 78.6 Å². The molecule has 114 valence electrons. The van der Waals surface area contributed by atoms with Gasteiger partial charge in [0.2, 0.25) is 0 Å². The fourth-order valence-electron chi connectivity index (χ4n) is 3.10. The summed E-state index contributed by atoms with van der Waals surface area (Å²) in [5, 5.41) is 0. The molecule has 2 nitrogen and oxygen atoms in total. The zero-order chi connectivity index (χ0) is 14.1. The van der Waals surface area contributed by atoms with Gasteiger partial charge in [-0.05, 0) is 37.5 Å². The zero-order valence-electron chi connectivity index (χ0n) is 13.4. The van der Waals surface area contributed by atoms with E-state index in [0.717, 1.165) is 24.9 Å². The average Bonchev–Trinajstić information content (AvgIpc) is 2.39. The minimum atomic E-state index is 0.273. The molecular weight excluding hydrogens is 234 g/mol. The summed E-state index contributed by atoms with van der Waals surface area (Å²) in [5.74, 6) is 1.59. The van der Waals surface area contributed by atoms with Gasteiger partial charge in [0.1, 0.15) is 0 Å². The molecule has 0 heterocycles. The molecule has 0 aromatic carbocycles. The molecule has 0 bridgehead atoms. The zero-order valence-corrected chi connectivity index (χ0v) is 13.4. The third kappa shape index (κ3) is 6.76. The van der Waals surface area contributed by atoms with Crippen LogP contribution in [0.3, 0.4) is 0 Å². The maximum atomic E-state index is 6.20. The van der Waals surface area contributed by atoms with Crippen molar-refractivity contribution in [1.82, 2.24) is 0 Å². The first-order valence-corrected chi connectivity index (χ1v) is 8.52. The minimum absolute atomic E-state index is 0.273. The van der Waals surface area contributed by atoms with Gasteiger partial charge in [0.15, 0.2) is 0 Å². The van der Waals surface area contributed by atoms with Gasteiger partial charge in [-0.15, -0.1) is 0 Å². The molecule has 0 aromatic heterocycles. The molecule has 19 heavy (non-hydrogen) atoms. The fourth-order valence-corrected chi connectivity index (χ4v) is 3.10. The molecule has 0 aromatic rings. The monoisotopic (exact) mass is 269 g/mol. The molecule has 0 saturated heterocycles. The average molecular weight is 269 g/mol. The predicted molar refractivity (Wildman–Crippen MR) is 83.3 cm³/mol. The van der Waals surface area contributed by atoms with E-state index < -0.39 is 0 Å². The predicted octanol–water partition coefficient (Wildman–Crippen LogP) is 4.52. The van der Waals surface area contributed by atoms with Crippen molar-refractivity contribution < 1.29 is 4.74 Å². The number of nitrogens with two attached hydrogens (primary N) is 1. The first-order chi connectivity index (χ1) is 9.15. The molecule has 3 atom stereocenters. The van der Waals surface area contributed by atoms with E-state index in [0.29, 0.717) is 6.10 Å². The first kappa shape index (κ1) is 17.0. The molecule has 0 spiro atoms. The number of hydrogen-bond donors (Lipinski definition) is 1. The SMILES string of the molecule is CCCCCCCCOC1CC(C(C)C)CCC1N. The largest absolute Gasteiger partial charge is 0.377 e. The summed E-state index contributed by atoms with van der Waals surface area (Å²) in [5.41, 5.74) is 6.20. The Hall–Kier alpha value is -0.0800. The van der Waals surface area contributed by atoms with Crippen LogP contribution in [-0.2, 0) is 4.74 Å². The molecule has 2 heteroatoms. The van der Waals surface area contributed by atoms with Gasteiger partial charge in [-0.3, -0.25) is 0 Å². The summed E-state index contributed by atoms with van der Waals surface area (Å²) >= 11 is 0. The number of ether oxygens (including phenoxy) is 1. The third-order valence-electron chi connectivity index (χ3n) is 4.66. The Bertz CT molecular complexity index is 217. The first-order valence-electron chi connectivity index (χ1n) is 8.52. The number of rotatable bonds is 9. The van der Waals surface area contributed by atoms with Gasteiger partial charge >= 0.3 is 0 Å². The van der Waals surface area contributed by atoms with Crippen LogP contribution >= 0.6 is 0 Å². The minimum Gasteiger partial charge on any atom is -0.377 e. The Morgan fingerprint density at radius 1 is 1.05 bits per heavy atom. The molecule has 1 aliphatic rings. The Morgan fingerprint density at radius 2 is 1.74 bits per heavy atom. The molecule has 0 aliphatic heterocycles. The smallest absolute Gasteiger partial charge is 0.0728 e. The van der Waals surface area contributed by atoms with E-state index in [9.17, 15) is 0 Å². The Morgan fingerprint density at radius 3 is 2.42 bits per heavy atom. The maximum absolute atomic E-state index is 6.20. The summed E-state index contributed by atoms with van der Waals surface area (Å²) in [6.45, 7) is 7.83. The van der Waals surface area contributed by atoms with E-state index in [4.69, 9.17) is 10.5 Å². The highest BCUT2D eigenvalue weighted by molar-refractivity contribution is 4.84. The van der Waals surface area contributed by atoms with E-state index in [1.165, 1.54) is 51.4 Å². The topological polar surface area (TPSA) is 35.2 Å².